The highest BCUT2D eigenvalue weighted by atomic mass is 16.5. The van der Waals surface area contributed by atoms with Gasteiger partial charge in [-0.3, -0.25) is 4.79 Å². The standard InChI is InChI=1S/C20H38O2/c1-2-3-11-15-20(21)22-18-13-10-8-6-4-5-7-9-12-14-19-16-17-19/h19H,2-18H2,1H3. The monoisotopic (exact) mass is 310 g/mol. The van der Waals surface area contributed by atoms with Crippen LogP contribution in [0.3, 0.4) is 0 Å². The number of rotatable bonds is 16. The van der Waals surface area contributed by atoms with Crippen molar-refractivity contribution in [1.29, 1.82) is 0 Å². The Bertz CT molecular complexity index is 258. The molecule has 0 bridgehead atoms. The van der Waals surface area contributed by atoms with E-state index in [9.17, 15) is 4.79 Å². The molecule has 2 nitrogen and oxygen atoms in total. The summed E-state index contributed by atoms with van der Waals surface area (Å²) in [5.74, 6) is 1.11. The van der Waals surface area contributed by atoms with Crippen LogP contribution in [0.2, 0.25) is 0 Å². The lowest BCUT2D eigenvalue weighted by Crippen LogP contribution is -2.05. The first-order valence-corrected chi connectivity index (χ1v) is 9.98. The van der Waals surface area contributed by atoms with Crippen LogP contribution < -0.4 is 0 Å². The Balaban J connectivity index is 1.67. The summed E-state index contributed by atoms with van der Waals surface area (Å²) in [5, 5.41) is 0. The molecule has 0 saturated heterocycles. The zero-order valence-electron chi connectivity index (χ0n) is 14.9. The second-order valence-electron chi connectivity index (χ2n) is 7.09. The Morgan fingerprint density at radius 3 is 2.00 bits per heavy atom. The molecule has 0 N–H and O–H groups in total. The van der Waals surface area contributed by atoms with Crippen LogP contribution in [0.4, 0.5) is 0 Å². The molecular weight excluding hydrogens is 272 g/mol. The van der Waals surface area contributed by atoms with Crippen LogP contribution in [0.5, 0.6) is 0 Å². The molecule has 1 fully saturated rings. The summed E-state index contributed by atoms with van der Waals surface area (Å²) in [7, 11) is 0. The van der Waals surface area contributed by atoms with Gasteiger partial charge in [-0.15, -0.1) is 0 Å². The molecule has 0 amide bonds. The predicted octanol–water partition coefficient (Wildman–Crippen LogP) is 6.42. The van der Waals surface area contributed by atoms with Gasteiger partial charge in [-0.1, -0.05) is 90.4 Å². The third kappa shape index (κ3) is 13.2. The third-order valence-electron chi connectivity index (χ3n) is 4.70. The van der Waals surface area contributed by atoms with Crippen LogP contribution in [-0.2, 0) is 9.53 Å². The van der Waals surface area contributed by atoms with E-state index in [2.05, 4.69) is 6.92 Å². The van der Waals surface area contributed by atoms with Crippen molar-refractivity contribution in [2.45, 2.75) is 110 Å². The van der Waals surface area contributed by atoms with Crippen molar-refractivity contribution >= 4 is 5.97 Å². The minimum absolute atomic E-state index is 0.000326. The summed E-state index contributed by atoms with van der Waals surface area (Å²) < 4.78 is 5.25. The van der Waals surface area contributed by atoms with E-state index in [0.717, 1.165) is 31.6 Å². The highest BCUT2D eigenvalue weighted by Crippen LogP contribution is 2.34. The number of esters is 1. The molecule has 0 aromatic heterocycles. The Kier molecular flexibility index (Phi) is 12.5. The average molecular weight is 311 g/mol. The molecule has 1 saturated carbocycles. The molecule has 1 aliphatic rings. The van der Waals surface area contributed by atoms with Crippen LogP contribution >= 0.6 is 0 Å². The van der Waals surface area contributed by atoms with Crippen LogP contribution in [-0.4, -0.2) is 12.6 Å². The first-order chi connectivity index (χ1) is 10.8. The molecule has 0 spiro atoms. The summed E-state index contributed by atoms with van der Waals surface area (Å²) in [6, 6.07) is 0. The van der Waals surface area contributed by atoms with E-state index in [0.29, 0.717) is 13.0 Å². The highest BCUT2D eigenvalue weighted by molar-refractivity contribution is 5.69. The minimum Gasteiger partial charge on any atom is -0.466 e. The summed E-state index contributed by atoms with van der Waals surface area (Å²) >= 11 is 0. The fraction of sp³-hybridized carbons (Fsp3) is 0.950. The van der Waals surface area contributed by atoms with Gasteiger partial charge in [0.2, 0.25) is 0 Å². The summed E-state index contributed by atoms with van der Waals surface area (Å²) in [4.78, 5) is 11.4. The molecule has 0 aromatic rings. The second kappa shape index (κ2) is 14.1. The van der Waals surface area contributed by atoms with Crippen molar-refractivity contribution in [2.75, 3.05) is 6.61 Å². The first kappa shape index (κ1) is 19.5. The summed E-state index contributed by atoms with van der Waals surface area (Å²) in [6.45, 7) is 2.78. The lowest BCUT2D eigenvalue weighted by atomic mass is 10.1. The number of hydrogen-bond donors (Lipinski definition) is 0. The SMILES string of the molecule is CCCCCC(=O)OCCCCCCCCCCCC1CC1. The van der Waals surface area contributed by atoms with Crippen LogP contribution in [0.15, 0.2) is 0 Å². The third-order valence-corrected chi connectivity index (χ3v) is 4.70. The molecule has 0 atom stereocenters. The van der Waals surface area contributed by atoms with E-state index in [1.165, 1.54) is 70.6 Å². The van der Waals surface area contributed by atoms with Crippen molar-refractivity contribution < 1.29 is 9.53 Å². The van der Waals surface area contributed by atoms with Gasteiger partial charge in [0, 0.05) is 6.42 Å². The van der Waals surface area contributed by atoms with E-state index >= 15 is 0 Å². The Hall–Kier alpha value is -0.530. The van der Waals surface area contributed by atoms with E-state index in [1.54, 1.807) is 0 Å². The van der Waals surface area contributed by atoms with Gasteiger partial charge in [-0.2, -0.15) is 0 Å². The van der Waals surface area contributed by atoms with Crippen LogP contribution in [0, 0.1) is 5.92 Å². The number of hydrogen-bond acceptors (Lipinski definition) is 2. The van der Waals surface area contributed by atoms with Gasteiger partial charge in [0.15, 0.2) is 0 Å². The van der Waals surface area contributed by atoms with E-state index in [-0.39, 0.29) is 5.97 Å². The van der Waals surface area contributed by atoms with Crippen molar-refractivity contribution in [1.82, 2.24) is 0 Å². The zero-order chi connectivity index (χ0) is 15.9. The maximum atomic E-state index is 11.4. The zero-order valence-corrected chi connectivity index (χ0v) is 14.9. The number of ether oxygens (including phenoxy) is 1. The fourth-order valence-electron chi connectivity index (χ4n) is 2.96. The van der Waals surface area contributed by atoms with Gasteiger partial charge in [-0.25, -0.2) is 0 Å². The highest BCUT2D eigenvalue weighted by Gasteiger charge is 2.19. The number of carbonyl (C=O) groups is 1. The van der Waals surface area contributed by atoms with Gasteiger partial charge in [-0.05, 0) is 18.8 Å². The molecule has 0 aromatic carbocycles. The average Bonchev–Trinajstić information content (AvgIpc) is 3.33. The number of unbranched alkanes of at least 4 members (excludes halogenated alkanes) is 10. The van der Waals surface area contributed by atoms with E-state index in [4.69, 9.17) is 4.74 Å². The lowest BCUT2D eigenvalue weighted by Gasteiger charge is -2.05. The molecule has 0 aliphatic heterocycles. The molecule has 2 heteroatoms. The van der Waals surface area contributed by atoms with Gasteiger partial charge >= 0.3 is 5.97 Å². The quantitative estimate of drug-likeness (QED) is 0.243. The molecule has 0 heterocycles. The molecular formula is C20H38O2. The van der Waals surface area contributed by atoms with Crippen molar-refractivity contribution in [3.8, 4) is 0 Å². The Labute approximate surface area is 138 Å². The normalized spacial score (nSPS) is 14.2. The topological polar surface area (TPSA) is 26.3 Å². The minimum atomic E-state index is -0.000326. The molecule has 130 valence electrons. The molecule has 1 aliphatic carbocycles. The summed E-state index contributed by atoms with van der Waals surface area (Å²) in [5.41, 5.74) is 0. The Morgan fingerprint density at radius 2 is 1.41 bits per heavy atom. The smallest absolute Gasteiger partial charge is 0.305 e. The van der Waals surface area contributed by atoms with Crippen LogP contribution in [0.25, 0.3) is 0 Å². The predicted molar refractivity (Wildman–Crippen MR) is 94.0 cm³/mol. The molecule has 1 rings (SSSR count). The van der Waals surface area contributed by atoms with Gasteiger partial charge in [0.05, 0.1) is 6.61 Å². The van der Waals surface area contributed by atoms with Crippen molar-refractivity contribution in [2.24, 2.45) is 5.92 Å². The Morgan fingerprint density at radius 1 is 0.818 bits per heavy atom. The van der Waals surface area contributed by atoms with Gasteiger partial charge < -0.3 is 4.74 Å². The molecule has 22 heavy (non-hydrogen) atoms. The van der Waals surface area contributed by atoms with Crippen molar-refractivity contribution in [3.63, 3.8) is 0 Å². The van der Waals surface area contributed by atoms with E-state index in [1.807, 2.05) is 0 Å². The lowest BCUT2D eigenvalue weighted by molar-refractivity contribution is -0.143. The van der Waals surface area contributed by atoms with Gasteiger partial charge in [0.1, 0.15) is 0 Å². The van der Waals surface area contributed by atoms with Gasteiger partial charge in [0.25, 0.3) is 0 Å². The van der Waals surface area contributed by atoms with Crippen molar-refractivity contribution in [3.05, 3.63) is 0 Å². The maximum absolute atomic E-state index is 11.4. The number of carbonyl (C=O) groups excluding carboxylic acids is 1. The molecule has 0 radical (unpaired) electrons. The largest absolute Gasteiger partial charge is 0.466 e. The first-order valence-electron chi connectivity index (χ1n) is 9.98. The second-order valence-corrected chi connectivity index (χ2v) is 7.09. The van der Waals surface area contributed by atoms with Crippen LogP contribution in [0.1, 0.15) is 110 Å². The van der Waals surface area contributed by atoms with E-state index < -0.39 is 0 Å². The molecule has 0 unspecified atom stereocenters. The fourth-order valence-corrected chi connectivity index (χ4v) is 2.96. The maximum Gasteiger partial charge on any atom is 0.305 e. The summed E-state index contributed by atoms with van der Waals surface area (Å²) in [6.07, 6.45) is 20.5.